The fourth-order valence-corrected chi connectivity index (χ4v) is 4.23. The summed E-state index contributed by atoms with van der Waals surface area (Å²) in [6.07, 6.45) is 6.90. The zero-order chi connectivity index (χ0) is 19.8. The Labute approximate surface area is 162 Å². The highest BCUT2D eigenvalue weighted by molar-refractivity contribution is 6.46. The molecule has 1 N–H and O–H groups in total. The number of rotatable bonds is 3. The smallest absolute Gasteiger partial charge is 0.295 e. The van der Waals surface area contributed by atoms with Crippen molar-refractivity contribution in [2.75, 3.05) is 0 Å². The van der Waals surface area contributed by atoms with Gasteiger partial charge in [-0.2, -0.15) is 0 Å². The van der Waals surface area contributed by atoms with Crippen molar-refractivity contribution in [3.63, 3.8) is 0 Å². The first-order valence-electron chi connectivity index (χ1n) is 9.45. The highest BCUT2D eigenvalue weighted by atomic mass is 19.1. The molecule has 1 aliphatic carbocycles. The molecule has 2 aromatic rings. The molecule has 2 fully saturated rings. The summed E-state index contributed by atoms with van der Waals surface area (Å²) in [4.78, 5) is 31.5. The molecule has 1 amide bonds. The molecular formula is C22H21FN2O3. The van der Waals surface area contributed by atoms with E-state index in [0.29, 0.717) is 11.1 Å². The van der Waals surface area contributed by atoms with Gasteiger partial charge >= 0.3 is 0 Å². The highest BCUT2D eigenvalue weighted by Crippen LogP contribution is 2.43. The molecule has 0 spiro atoms. The van der Waals surface area contributed by atoms with Crippen molar-refractivity contribution in [2.24, 2.45) is 0 Å². The molecular weight excluding hydrogens is 359 g/mol. The van der Waals surface area contributed by atoms with Crippen LogP contribution in [0.15, 0.2) is 48.3 Å². The van der Waals surface area contributed by atoms with Crippen LogP contribution in [0.1, 0.15) is 48.4 Å². The van der Waals surface area contributed by atoms with Crippen molar-refractivity contribution in [3.8, 4) is 0 Å². The van der Waals surface area contributed by atoms with Gasteiger partial charge in [-0.25, -0.2) is 4.39 Å². The maximum absolute atomic E-state index is 13.7. The number of likely N-dealkylation sites (tertiary alicyclic amines) is 1. The van der Waals surface area contributed by atoms with Crippen LogP contribution in [-0.4, -0.2) is 32.7 Å². The topological polar surface area (TPSA) is 70.5 Å². The standard InChI is InChI=1S/C22H21FN2O3/c1-13-12-15(6-7-17(13)23)20(26)18-19(14-8-10-24-11-9-14)25(22(28)21(18)27)16-4-2-3-5-16/h6-12,16,19,26H,2-5H2,1H3/b20-18-. The normalized spacial score (nSPS) is 22.2. The Morgan fingerprint density at radius 1 is 1.14 bits per heavy atom. The van der Waals surface area contributed by atoms with Crippen LogP contribution in [-0.2, 0) is 9.59 Å². The van der Waals surface area contributed by atoms with Crippen molar-refractivity contribution in [1.29, 1.82) is 0 Å². The predicted molar refractivity (Wildman–Crippen MR) is 102 cm³/mol. The SMILES string of the molecule is Cc1cc(/C(O)=C2/C(=O)C(=O)N(C3CCCC3)C2c2ccncc2)ccc1F. The zero-order valence-electron chi connectivity index (χ0n) is 15.6. The van der Waals surface area contributed by atoms with Gasteiger partial charge in [0.05, 0.1) is 11.6 Å². The van der Waals surface area contributed by atoms with Crippen molar-refractivity contribution in [2.45, 2.75) is 44.7 Å². The van der Waals surface area contributed by atoms with E-state index in [0.717, 1.165) is 31.2 Å². The Hall–Kier alpha value is -3.02. The molecule has 1 saturated carbocycles. The minimum Gasteiger partial charge on any atom is -0.507 e. The molecule has 1 saturated heterocycles. The molecule has 2 aliphatic rings. The van der Waals surface area contributed by atoms with Crippen LogP contribution < -0.4 is 0 Å². The van der Waals surface area contributed by atoms with Crippen molar-refractivity contribution < 1.29 is 19.1 Å². The Balaban J connectivity index is 1.89. The summed E-state index contributed by atoms with van der Waals surface area (Å²) in [5, 5.41) is 11.0. The Bertz CT molecular complexity index is 965. The number of aryl methyl sites for hydroxylation is 1. The van der Waals surface area contributed by atoms with E-state index in [2.05, 4.69) is 4.98 Å². The lowest BCUT2D eigenvalue weighted by molar-refractivity contribution is -0.141. The average molecular weight is 380 g/mol. The average Bonchev–Trinajstić information content (AvgIpc) is 3.31. The van der Waals surface area contributed by atoms with E-state index in [9.17, 15) is 19.1 Å². The van der Waals surface area contributed by atoms with Gasteiger partial charge in [-0.1, -0.05) is 12.8 Å². The second-order valence-corrected chi connectivity index (χ2v) is 7.39. The number of Topliss-reactive ketones (excluding diaryl/α,β-unsaturated/α-hetero) is 1. The molecule has 1 unspecified atom stereocenters. The van der Waals surface area contributed by atoms with Gasteiger partial charge in [-0.3, -0.25) is 14.6 Å². The lowest BCUT2D eigenvalue weighted by Crippen LogP contribution is -2.37. The molecule has 5 nitrogen and oxygen atoms in total. The minimum atomic E-state index is -0.701. The van der Waals surface area contributed by atoms with Crippen molar-refractivity contribution in [1.82, 2.24) is 9.88 Å². The van der Waals surface area contributed by atoms with Crippen molar-refractivity contribution >= 4 is 17.4 Å². The van der Waals surface area contributed by atoms with Crippen LogP contribution in [0, 0.1) is 12.7 Å². The van der Waals surface area contributed by atoms with Gasteiger partial charge in [0.1, 0.15) is 11.6 Å². The van der Waals surface area contributed by atoms with Crippen LogP contribution in [0.4, 0.5) is 4.39 Å². The number of amides is 1. The van der Waals surface area contributed by atoms with E-state index in [1.807, 2.05) is 0 Å². The van der Waals surface area contributed by atoms with E-state index >= 15 is 0 Å². The third kappa shape index (κ3) is 2.99. The van der Waals surface area contributed by atoms with Gasteiger partial charge in [0.15, 0.2) is 0 Å². The molecule has 144 valence electrons. The molecule has 0 radical (unpaired) electrons. The number of hydrogen-bond donors (Lipinski definition) is 1. The Morgan fingerprint density at radius 3 is 2.46 bits per heavy atom. The number of benzene rings is 1. The van der Waals surface area contributed by atoms with Crippen molar-refractivity contribution in [3.05, 3.63) is 70.8 Å². The number of aliphatic hydroxyl groups excluding tert-OH is 1. The number of ketones is 1. The number of hydrogen-bond acceptors (Lipinski definition) is 4. The molecule has 0 bridgehead atoms. The molecule has 6 heteroatoms. The first-order chi connectivity index (χ1) is 13.5. The van der Waals surface area contributed by atoms with E-state index < -0.39 is 23.5 Å². The van der Waals surface area contributed by atoms with Crippen LogP contribution in [0.3, 0.4) is 0 Å². The van der Waals surface area contributed by atoms with Crippen LogP contribution in [0.25, 0.3) is 5.76 Å². The van der Waals surface area contributed by atoms with Gasteiger partial charge < -0.3 is 10.0 Å². The number of carbonyl (C=O) groups is 2. The Kier molecular flexibility index (Phi) is 4.71. The number of nitrogens with zero attached hydrogens (tertiary/aromatic N) is 2. The van der Waals surface area contributed by atoms with Gasteiger partial charge in [0.2, 0.25) is 0 Å². The number of halogens is 1. The highest BCUT2D eigenvalue weighted by Gasteiger charge is 2.49. The van der Waals surface area contributed by atoms with Gasteiger partial charge in [0.25, 0.3) is 11.7 Å². The summed E-state index contributed by atoms with van der Waals surface area (Å²) in [6.45, 7) is 1.59. The van der Waals surface area contributed by atoms with Gasteiger partial charge in [-0.15, -0.1) is 0 Å². The fourth-order valence-electron chi connectivity index (χ4n) is 4.23. The monoisotopic (exact) mass is 380 g/mol. The van der Waals surface area contributed by atoms with Crippen LogP contribution in [0.5, 0.6) is 0 Å². The quantitative estimate of drug-likeness (QED) is 0.498. The number of aliphatic hydroxyl groups is 1. The maximum atomic E-state index is 13.7. The molecule has 2 heterocycles. The molecule has 1 aliphatic heterocycles. The molecule has 4 rings (SSSR count). The summed E-state index contributed by atoms with van der Waals surface area (Å²) in [6, 6.07) is 6.95. The molecule has 1 aromatic heterocycles. The molecule has 28 heavy (non-hydrogen) atoms. The maximum Gasteiger partial charge on any atom is 0.295 e. The summed E-state index contributed by atoms with van der Waals surface area (Å²) in [7, 11) is 0. The number of aromatic nitrogens is 1. The number of carbonyl (C=O) groups excluding carboxylic acids is 2. The second-order valence-electron chi connectivity index (χ2n) is 7.39. The molecule has 1 atom stereocenters. The predicted octanol–water partition coefficient (Wildman–Crippen LogP) is 3.89. The summed E-state index contributed by atoms with van der Waals surface area (Å²) in [5.74, 6) is -1.96. The summed E-state index contributed by atoms with van der Waals surface area (Å²) < 4.78 is 13.7. The summed E-state index contributed by atoms with van der Waals surface area (Å²) >= 11 is 0. The van der Waals surface area contributed by atoms with E-state index in [-0.39, 0.29) is 17.4 Å². The van der Waals surface area contributed by atoms with Crippen LogP contribution >= 0.6 is 0 Å². The first-order valence-corrected chi connectivity index (χ1v) is 9.45. The lowest BCUT2D eigenvalue weighted by atomic mass is 9.95. The van der Waals surface area contributed by atoms with Gasteiger partial charge in [0, 0.05) is 24.0 Å². The third-order valence-electron chi connectivity index (χ3n) is 5.65. The Morgan fingerprint density at radius 2 is 1.82 bits per heavy atom. The van der Waals surface area contributed by atoms with E-state index in [1.165, 1.54) is 18.2 Å². The number of pyridine rings is 1. The summed E-state index contributed by atoms with van der Waals surface area (Å²) in [5.41, 5.74) is 1.45. The molecule has 1 aromatic carbocycles. The van der Waals surface area contributed by atoms with Gasteiger partial charge in [-0.05, 0) is 61.2 Å². The minimum absolute atomic E-state index is 0.0325. The second kappa shape index (κ2) is 7.19. The lowest BCUT2D eigenvalue weighted by Gasteiger charge is -2.30. The fraction of sp³-hybridized carbons (Fsp3) is 0.318. The van der Waals surface area contributed by atoms with E-state index in [4.69, 9.17) is 0 Å². The van der Waals surface area contributed by atoms with E-state index in [1.54, 1.807) is 36.4 Å². The first kappa shape index (κ1) is 18.3. The third-order valence-corrected chi connectivity index (χ3v) is 5.65. The largest absolute Gasteiger partial charge is 0.507 e. The zero-order valence-corrected chi connectivity index (χ0v) is 15.6. The van der Waals surface area contributed by atoms with Crippen LogP contribution in [0.2, 0.25) is 0 Å².